The average Bonchev–Trinajstić information content (AvgIpc) is 3.10. The predicted molar refractivity (Wildman–Crippen MR) is 109 cm³/mol. The lowest BCUT2D eigenvalue weighted by atomic mass is 9.89. The number of piperidine rings is 1. The van der Waals surface area contributed by atoms with Crippen molar-refractivity contribution in [2.75, 3.05) is 44.3 Å². The van der Waals surface area contributed by atoms with E-state index in [0.29, 0.717) is 5.92 Å². The Kier molecular flexibility index (Phi) is 5.19. The summed E-state index contributed by atoms with van der Waals surface area (Å²) in [6, 6.07) is 2.20. The van der Waals surface area contributed by atoms with Crippen LogP contribution in [0.5, 0.6) is 0 Å². The molecule has 0 radical (unpaired) electrons. The van der Waals surface area contributed by atoms with E-state index in [2.05, 4.69) is 27.1 Å². The second-order valence-corrected chi connectivity index (χ2v) is 8.67. The fourth-order valence-electron chi connectivity index (χ4n) is 4.03. The average molecular weight is 386 g/mol. The number of hydrogen-bond acceptors (Lipinski definition) is 5. The third-order valence-corrected chi connectivity index (χ3v) is 5.51. The van der Waals surface area contributed by atoms with Gasteiger partial charge in [0.05, 0.1) is 24.9 Å². The molecule has 2 aromatic heterocycles. The van der Waals surface area contributed by atoms with Gasteiger partial charge in [0, 0.05) is 37.8 Å². The van der Waals surface area contributed by atoms with Crippen LogP contribution in [0.2, 0.25) is 0 Å². The third kappa shape index (κ3) is 4.09. The maximum atomic E-state index is 12.3. The Balaban J connectivity index is 1.47. The van der Waals surface area contributed by atoms with Gasteiger partial charge in [0.15, 0.2) is 0 Å². The number of aromatic amines is 1. The first kappa shape index (κ1) is 19.1. The number of carbonyl (C=O) groups excluding carboxylic acids is 1. The molecule has 2 aromatic rings. The van der Waals surface area contributed by atoms with Crippen molar-refractivity contribution in [1.82, 2.24) is 14.9 Å². The standard InChI is InChI=1S/C21H30N4O3/c1-21(2,3)28-20(26)25-6-4-15(5-7-25)17-13-22-18-14-23-19(12-16(17)18)24-8-10-27-11-9-24/h12-15,22H,4-11H2,1-3H3. The molecule has 28 heavy (non-hydrogen) atoms. The third-order valence-electron chi connectivity index (χ3n) is 5.51. The Morgan fingerprint density at radius 3 is 2.61 bits per heavy atom. The summed E-state index contributed by atoms with van der Waals surface area (Å²) >= 11 is 0. The molecule has 4 rings (SSSR count). The Morgan fingerprint density at radius 1 is 1.21 bits per heavy atom. The number of nitrogens with one attached hydrogen (secondary N) is 1. The van der Waals surface area contributed by atoms with Crippen molar-refractivity contribution >= 4 is 22.8 Å². The SMILES string of the molecule is CC(C)(C)OC(=O)N1CCC(c2c[nH]c3cnc(N4CCOCC4)cc23)CC1. The molecule has 0 aliphatic carbocycles. The van der Waals surface area contributed by atoms with E-state index in [-0.39, 0.29) is 6.09 Å². The van der Waals surface area contributed by atoms with Crippen molar-refractivity contribution in [3.05, 3.63) is 24.0 Å². The van der Waals surface area contributed by atoms with E-state index in [1.807, 2.05) is 31.9 Å². The molecular formula is C21H30N4O3. The Morgan fingerprint density at radius 2 is 1.93 bits per heavy atom. The summed E-state index contributed by atoms with van der Waals surface area (Å²) < 4.78 is 11.0. The molecule has 0 unspecified atom stereocenters. The van der Waals surface area contributed by atoms with E-state index in [0.717, 1.165) is 63.6 Å². The van der Waals surface area contributed by atoms with Crippen LogP contribution < -0.4 is 4.90 Å². The van der Waals surface area contributed by atoms with Gasteiger partial charge in [-0.15, -0.1) is 0 Å². The zero-order valence-electron chi connectivity index (χ0n) is 17.0. The van der Waals surface area contributed by atoms with Gasteiger partial charge >= 0.3 is 6.09 Å². The number of amides is 1. The molecule has 4 heterocycles. The van der Waals surface area contributed by atoms with Crippen LogP contribution in [0, 0.1) is 0 Å². The van der Waals surface area contributed by atoms with Crippen molar-refractivity contribution in [2.24, 2.45) is 0 Å². The lowest BCUT2D eigenvalue weighted by Crippen LogP contribution is -2.41. The Hall–Kier alpha value is -2.28. The molecule has 0 spiro atoms. The number of aromatic nitrogens is 2. The highest BCUT2D eigenvalue weighted by Gasteiger charge is 2.28. The first-order valence-electron chi connectivity index (χ1n) is 10.2. The molecule has 2 aliphatic heterocycles. The molecule has 7 heteroatoms. The molecule has 1 amide bonds. The number of carbonyl (C=O) groups is 1. The number of anilines is 1. The van der Waals surface area contributed by atoms with Crippen LogP contribution in [0.15, 0.2) is 18.5 Å². The number of fused-ring (bicyclic) bond motifs is 1. The van der Waals surface area contributed by atoms with Crippen molar-refractivity contribution in [1.29, 1.82) is 0 Å². The highest BCUT2D eigenvalue weighted by molar-refractivity contribution is 5.85. The molecule has 152 valence electrons. The fraction of sp³-hybridized carbons (Fsp3) is 0.619. The van der Waals surface area contributed by atoms with Crippen LogP contribution >= 0.6 is 0 Å². The topological polar surface area (TPSA) is 70.7 Å². The minimum atomic E-state index is -0.451. The molecule has 0 aromatic carbocycles. The molecule has 2 saturated heterocycles. The Labute approximate surface area is 166 Å². The molecule has 1 N–H and O–H groups in total. The minimum absolute atomic E-state index is 0.205. The molecular weight excluding hydrogens is 356 g/mol. The van der Waals surface area contributed by atoms with Crippen LogP contribution in [0.1, 0.15) is 45.1 Å². The van der Waals surface area contributed by atoms with E-state index >= 15 is 0 Å². The zero-order valence-corrected chi connectivity index (χ0v) is 17.0. The summed E-state index contributed by atoms with van der Waals surface area (Å²) in [5, 5.41) is 1.24. The van der Waals surface area contributed by atoms with E-state index in [9.17, 15) is 4.79 Å². The molecule has 0 saturated carbocycles. The number of likely N-dealkylation sites (tertiary alicyclic amines) is 1. The van der Waals surface area contributed by atoms with Gasteiger partial charge in [-0.3, -0.25) is 0 Å². The molecule has 2 aliphatic rings. The van der Waals surface area contributed by atoms with Crippen molar-refractivity contribution in [2.45, 2.75) is 45.1 Å². The van der Waals surface area contributed by atoms with E-state index < -0.39 is 5.60 Å². The first-order valence-corrected chi connectivity index (χ1v) is 10.2. The summed E-state index contributed by atoms with van der Waals surface area (Å²) in [6.07, 6.45) is 5.73. The highest BCUT2D eigenvalue weighted by Crippen LogP contribution is 2.34. The lowest BCUT2D eigenvalue weighted by Gasteiger charge is -2.33. The summed E-state index contributed by atoms with van der Waals surface area (Å²) in [7, 11) is 0. The maximum absolute atomic E-state index is 12.3. The number of hydrogen-bond donors (Lipinski definition) is 1. The second-order valence-electron chi connectivity index (χ2n) is 8.67. The maximum Gasteiger partial charge on any atom is 0.410 e. The molecule has 0 atom stereocenters. The summed E-state index contributed by atoms with van der Waals surface area (Å²) in [5.41, 5.74) is 1.95. The first-order chi connectivity index (χ1) is 13.4. The normalized spacial score (nSPS) is 19.2. The largest absolute Gasteiger partial charge is 0.444 e. The second kappa shape index (κ2) is 7.62. The number of H-pyrrole nitrogens is 1. The van der Waals surface area contributed by atoms with Crippen molar-refractivity contribution in [3.8, 4) is 0 Å². The van der Waals surface area contributed by atoms with Gasteiger partial charge in [0.2, 0.25) is 0 Å². The van der Waals surface area contributed by atoms with Gasteiger partial charge in [-0.25, -0.2) is 9.78 Å². The smallest absolute Gasteiger partial charge is 0.410 e. The van der Waals surface area contributed by atoms with Crippen LogP contribution in [0.4, 0.5) is 10.6 Å². The van der Waals surface area contributed by atoms with Crippen LogP contribution in [0.3, 0.4) is 0 Å². The zero-order chi connectivity index (χ0) is 19.7. The van der Waals surface area contributed by atoms with Crippen LogP contribution in [0.25, 0.3) is 10.9 Å². The van der Waals surface area contributed by atoms with Gasteiger partial charge in [0.1, 0.15) is 11.4 Å². The quantitative estimate of drug-likeness (QED) is 0.855. The number of nitrogens with zero attached hydrogens (tertiary/aromatic N) is 3. The van der Waals surface area contributed by atoms with Crippen molar-refractivity contribution in [3.63, 3.8) is 0 Å². The summed E-state index contributed by atoms with van der Waals surface area (Å²) in [5.74, 6) is 1.45. The van der Waals surface area contributed by atoms with Gasteiger partial charge < -0.3 is 24.3 Å². The number of ether oxygens (including phenoxy) is 2. The molecule has 2 fully saturated rings. The van der Waals surface area contributed by atoms with Gasteiger partial charge in [-0.2, -0.15) is 0 Å². The molecule has 7 nitrogen and oxygen atoms in total. The minimum Gasteiger partial charge on any atom is -0.444 e. The highest BCUT2D eigenvalue weighted by atomic mass is 16.6. The van der Waals surface area contributed by atoms with E-state index in [4.69, 9.17) is 9.47 Å². The number of rotatable bonds is 2. The van der Waals surface area contributed by atoms with Gasteiger partial charge in [0.25, 0.3) is 0 Å². The van der Waals surface area contributed by atoms with Gasteiger partial charge in [-0.1, -0.05) is 0 Å². The molecule has 0 bridgehead atoms. The predicted octanol–water partition coefficient (Wildman–Crippen LogP) is 3.51. The van der Waals surface area contributed by atoms with Crippen LogP contribution in [-0.4, -0.2) is 66.0 Å². The van der Waals surface area contributed by atoms with Crippen molar-refractivity contribution < 1.29 is 14.3 Å². The number of morpholine rings is 1. The summed E-state index contributed by atoms with van der Waals surface area (Å²) in [4.78, 5) is 24.4. The number of pyridine rings is 1. The fourth-order valence-corrected chi connectivity index (χ4v) is 4.03. The lowest BCUT2D eigenvalue weighted by molar-refractivity contribution is 0.0205. The monoisotopic (exact) mass is 386 g/mol. The van der Waals surface area contributed by atoms with E-state index in [1.54, 1.807) is 0 Å². The summed E-state index contributed by atoms with van der Waals surface area (Å²) in [6.45, 7) is 10.4. The van der Waals surface area contributed by atoms with Gasteiger partial charge in [-0.05, 0) is 51.2 Å². The Bertz CT molecular complexity index is 828. The van der Waals surface area contributed by atoms with Crippen LogP contribution in [-0.2, 0) is 9.47 Å². The van der Waals surface area contributed by atoms with E-state index in [1.165, 1.54) is 10.9 Å².